The molecule has 0 radical (unpaired) electrons. The highest BCUT2D eigenvalue weighted by Crippen LogP contribution is 2.18. The smallest absolute Gasteiger partial charge is 0.245 e. The average Bonchev–Trinajstić information content (AvgIpc) is 3.14. The molecule has 5 nitrogen and oxygen atoms in total. The maximum Gasteiger partial charge on any atom is 0.245 e. The first-order valence-corrected chi connectivity index (χ1v) is 9.74. The summed E-state index contributed by atoms with van der Waals surface area (Å²) in [6.07, 6.45) is 6.89. The molecule has 5 heteroatoms. The molecule has 1 N–H and O–H groups in total. The third-order valence-electron chi connectivity index (χ3n) is 4.93. The third kappa shape index (κ3) is 5.97. The molecule has 0 spiro atoms. The second-order valence-electron chi connectivity index (χ2n) is 6.98. The van der Waals surface area contributed by atoms with E-state index in [1.54, 1.807) is 4.90 Å². The van der Waals surface area contributed by atoms with E-state index in [1.165, 1.54) is 5.56 Å². The Morgan fingerprint density at radius 2 is 2.04 bits per heavy atom. The molecule has 1 fully saturated rings. The highest BCUT2D eigenvalue weighted by Gasteiger charge is 2.33. The Kier molecular flexibility index (Phi) is 8.32. The van der Waals surface area contributed by atoms with Gasteiger partial charge in [-0.15, -0.1) is 0 Å². The molecule has 0 saturated carbocycles. The molecular weight excluding hydrogens is 328 g/mol. The van der Waals surface area contributed by atoms with E-state index in [9.17, 15) is 14.4 Å². The summed E-state index contributed by atoms with van der Waals surface area (Å²) in [6.45, 7) is 2.67. The molecule has 0 bridgehead atoms. The molecule has 26 heavy (non-hydrogen) atoms. The molecule has 2 atom stereocenters. The first-order valence-electron chi connectivity index (χ1n) is 9.74. The average molecular weight is 358 g/mol. The Labute approximate surface area is 156 Å². The lowest BCUT2D eigenvalue weighted by atomic mass is 10.1. The number of nitrogens with zero attached hydrogens (tertiary/aromatic N) is 1. The lowest BCUT2D eigenvalue weighted by Crippen LogP contribution is -2.50. The SMILES string of the molecule is CCCCC(NC(=O)CCCc1ccccc1)C(=O)N1CCCC1C=O. The molecule has 142 valence electrons. The Hall–Kier alpha value is -2.17. The zero-order valence-electron chi connectivity index (χ0n) is 15.7. The van der Waals surface area contributed by atoms with Crippen molar-refractivity contribution in [2.24, 2.45) is 0 Å². The number of benzene rings is 1. The van der Waals surface area contributed by atoms with Gasteiger partial charge < -0.3 is 15.0 Å². The van der Waals surface area contributed by atoms with Crippen molar-refractivity contribution in [2.45, 2.75) is 70.4 Å². The number of rotatable bonds is 10. The quantitative estimate of drug-likeness (QED) is 0.654. The third-order valence-corrected chi connectivity index (χ3v) is 4.93. The van der Waals surface area contributed by atoms with Gasteiger partial charge in [-0.3, -0.25) is 9.59 Å². The van der Waals surface area contributed by atoms with Crippen LogP contribution in [0.4, 0.5) is 0 Å². The summed E-state index contributed by atoms with van der Waals surface area (Å²) < 4.78 is 0. The number of likely N-dealkylation sites (tertiary alicyclic amines) is 1. The van der Waals surface area contributed by atoms with Crippen molar-refractivity contribution in [3.8, 4) is 0 Å². The fraction of sp³-hybridized carbons (Fsp3) is 0.571. The van der Waals surface area contributed by atoms with E-state index >= 15 is 0 Å². The Morgan fingerprint density at radius 1 is 1.27 bits per heavy atom. The van der Waals surface area contributed by atoms with E-state index in [0.29, 0.717) is 19.4 Å². The lowest BCUT2D eigenvalue weighted by Gasteiger charge is -2.27. The number of unbranched alkanes of at least 4 members (excludes halogenated alkanes) is 1. The van der Waals surface area contributed by atoms with Gasteiger partial charge in [-0.25, -0.2) is 0 Å². The van der Waals surface area contributed by atoms with Crippen molar-refractivity contribution in [1.82, 2.24) is 10.2 Å². The molecule has 1 saturated heterocycles. The van der Waals surface area contributed by atoms with Gasteiger partial charge in [0.25, 0.3) is 0 Å². The van der Waals surface area contributed by atoms with Gasteiger partial charge in [0.2, 0.25) is 11.8 Å². The van der Waals surface area contributed by atoms with Crippen LogP contribution in [0.2, 0.25) is 0 Å². The Balaban J connectivity index is 1.86. The van der Waals surface area contributed by atoms with E-state index in [4.69, 9.17) is 0 Å². The summed E-state index contributed by atoms with van der Waals surface area (Å²) in [5.41, 5.74) is 1.21. The molecule has 2 rings (SSSR count). The van der Waals surface area contributed by atoms with Crippen LogP contribution in [0.3, 0.4) is 0 Å². The van der Waals surface area contributed by atoms with Gasteiger partial charge in [0, 0.05) is 13.0 Å². The molecule has 1 aliphatic rings. The van der Waals surface area contributed by atoms with E-state index < -0.39 is 6.04 Å². The van der Waals surface area contributed by atoms with Crippen LogP contribution in [0.1, 0.15) is 57.4 Å². The van der Waals surface area contributed by atoms with Gasteiger partial charge in [0.05, 0.1) is 6.04 Å². The predicted octanol–water partition coefficient (Wildman–Crippen LogP) is 2.87. The number of aldehydes is 1. The normalized spacial score (nSPS) is 17.7. The van der Waals surface area contributed by atoms with Crippen LogP contribution < -0.4 is 5.32 Å². The standard InChI is InChI=1S/C21H30N2O3/c1-2-3-13-19(21(26)23-15-8-12-18(23)16-24)22-20(25)14-7-11-17-9-5-4-6-10-17/h4-6,9-10,16,18-19H,2-3,7-8,11-15H2,1H3,(H,22,25). The van der Waals surface area contributed by atoms with E-state index in [0.717, 1.165) is 44.8 Å². The minimum Gasteiger partial charge on any atom is -0.344 e. The van der Waals surface area contributed by atoms with E-state index in [2.05, 4.69) is 24.4 Å². The van der Waals surface area contributed by atoms with Crippen LogP contribution in [-0.4, -0.2) is 41.6 Å². The zero-order chi connectivity index (χ0) is 18.8. The van der Waals surface area contributed by atoms with Crippen LogP contribution in [-0.2, 0) is 20.8 Å². The van der Waals surface area contributed by atoms with Gasteiger partial charge in [-0.05, 0) is 37.7 Å². The molecule has 2 unspecified atom stereocenters. The number of amides is 2. The summed E-state index contributed by atoms with van der Waals surface area (Å²) in [4.78, 5) is 37.9. The molecular formula is C21H30N2O3. The second kappa shape index (κ2) is 10.7. The molecule has 1 aromatic carbocycles. The number of nitrogens with one attached hydrogen (secondary N) is 1. The maximum atomic E-state index is 12.8. The summed E-state index contributed by atoms with van der Waals surface area (Å²) in [6, 6.07) is 9.23. The highest BCUT2D eigenvalue weighted by molar-refractivity contribution is 5.89. The van der Waals surface area contributed by atoms with Crippen LogP contribution in [0, 0.1) is 0 Å². The van der Waals surface area contributed by atoms with Crippen molar-refractivity contribution >= 4 is 18.1 Å². The van der Waals surface area contributed by atoms with Crippen molar-refractivity contribution in [2.75, 3.05) is 6.54 Å². The van der Waals surface area contributed by atoms with Crippen molar-refractivity contribution in [3.05, 3.63) is 35.9 Å². The summed E-state index contributed by atoms with van der Waals surface area (Å²) in [5.74, 6) is -0.193. The Bertz CT molecular complexity index is 588. The minimum absolute atomic E-state index is 0.0859. The van der Waals surface area contributed by atoms with Gasteiger partial charge in [-0.1, -0.05) is 50.1 Å². The summed E-state index contributed by atoms with van der Waals surface area (Å²) in [5, 5.41) is 2.91. The first-order chi connectivity index (χ1) is 12.7. The highest BCUT2D eigenvalue weighted by atomic mass is 16.2. The van der Waals surface area contributed by atoms with Crippen molar-refractivity contribution in [3.63, 3.8) is 0 Å². The molecule has 0 aromatic heterocycles. The van der Waals surface area contributed by atoms with Gasteiger partial charge in [0.15, 0.2) is 0 Å². The first kappa shape index (κ1) is 20.1. The monoisotopic (exact) mass is 358 g/mol. The largest absolute Gasteiger partial charge is 0.344 e. The summed E-state index contributed by atoms with van der Waals surface area (Å²) in [7, 11) is 0. The molecule has 1 aliphatic heterocycles. The molecule has 2 amide bonds. The number of hydrogen-bond acceptors (Lipinski definition) is 3. The number of aryl methyl sites for hydroxylation is 1. The minimum atomic E-state index is -0.514. The molecule has 1 aromatic rings. The van der Waals surface area contributed by atoms with Crippen molar-refractivity contribution in [1.29, 1.82) is 0 Å². The summed E-state index contributed by atoms with van der Waals surface area (Å²) >= 11 is 0. The number of carbonyl (C=O) groups excluding carboxylic acids is 3. The van der Waals surface area contributed by atoms with E-state index in [1.807, 2.05) is 18.2 Å². The topological polar surface area (TPSA) is 66.5 Å². The number of hydrogen-bond donors (Lipinski definition) is 1. The fourth-order valence-corrected chi connectivity index (χ4v) is 3.44. The van der Waals surface area contributed by atoms with Gasteiger partial charge >= 0.3 is 0 Å². The Morgan fingerprint density at radius 3 is 2.73 bits per heavy atom. The van der Waals surface area contributed by atoms with E-state index in [-0.39, 0.29) is 17.9 Å². The van der Waals surface area contributed by atoms with Gasteiger partial charge in [0.1, 0.15) is 12.3 Å². The molecule has 0 aliphatic carbocycles. The van der Waals surface area contributed by atoms with Crippen LogP contribution in [0.25, 0.3) is 0 Å². The van der Waals surface area contributed by atoms with Crippen LogP contribution in [0.15, 0.2) is 30.3 Å². The number of carbonyl (C=O) groups is 3. The fourth-order valence-electron chi connectivity index (χ4n) is 3.44. The maximum absolute atomic E-state index is 12.8. The van der Waals surface area contributed by atoms with Gasteiger partial charge in [-0.2, -0.15) is 0 Å². The van der Waals surface area contributed by atoms with Crippen LogP contribution in [0.5, 0.6) is 0 Å². The lowest BCUT2D eigenvalue weighted by molar-refractivity contribution is -0.138. The second-order valence-corrected chi connectivity index (χ2v) is 6.98. The molecule has 1 heterocycles. The van der Waals surface area contributed by atoms with Crippen molar-refractivity contribution < 1.29 is 14.4 Å². The predicted molar refractivity (Wildman–Crippen MR) is 102 cm³/mol. The van der Waals surface area contributed by atoms with Crippen LogP contribution >= 0.6 is 0 Å². The zero-order valence-corrected chi connectivity index (χ0v) is 15.7.